The molecule has 0 saturated heterocycles. The van der Waals surface area contributed by atoms with Crippen LogP contribution in [0.25, 0.3) is 6.08 Å². The molecule has 0 atom stereocenters. The van der Waals surface area contributed by atoms with Gasteiger partial charge in [-0.3, -0.25) is 4.79 Å². The van der Waals surface area contributed by atoms with E-state index in [0.29, 0.717) is 27.7 Å². The highest BCUT2D eigenvalue weighted by Gasteiger charge is 2.13. The van der Waals surface area contributed by atoms with Crippen LogP contribution in [0.2, 0.25) is 10.0 Å². The van der Waals surface area contributed by atoms with Crippen LogP contribution in [0, 0.1) is 25.2 Å². The highest BCUT2D eigenvalue weighted by atomic mass is 35.5. The zero-order valence-electron chi connectivity index (χ0n) is 16.7. The Bertz CT molecular complexity index is 1180. The molecule has 3 aromatic rings. The van der Waals surface area contributed by atoms with Gasteiger partial charge >= 0.3 is 0 Å². The molecule has 0 heterocycles. The van der Waals surface area contributed by atoms with Gasteiger partial charge in [0.15, 0.2) is 0 Å². The van der Waals surface area contributed by atoms with E-state index >= 15 is 0 Å². The summed E-state index contributed by atoms with van der Waals surface area (Å²) >= 11 is 12.5. The van der Waals surface area contributed by atoms with E-state index in [1.54, 1.807) is 18.2 Å². The molecule has 0 saturated carbocycles. The van der Waals surface area contributed by atoms with Gasteiger partial charge in [0, 0.05) is 15.7 Å². The molecule has 0 radical (unpaired) electrons. The highest BCUT2D eigenvalue weighted by molar-refractivity contribution is 6.31. The van der Waals surface area contributed by atoms with Crippen LogP contribution >= 0.6 is 23.2 Å². The van der Waals surface area contributed by atoms with Crippen molar-refractivity contribution in [3.05, 3.63) is 104 Å². The van der Waals surface area contributed by atoms with Crippen LogP contribution in [-0.4, -0.2) is 5.91 Å². The Labute approximate surface area is 186 Å². The van der Waals surface area contributed by atoms with Gasteiger partial charge in [0.2, 0.25) is 0 Å². The number of carbonyl (C=O) groups is 1. The second-order valence-electron chi connectivity index (χ2n) is 7.05. The number of amides is 1. The van der Waals surface area contributed by atoms with Gasteiger partial charge in [0.25, 0.3) is 5.91 Å². The minimum absolute atomic E-state index is 0.00218. The lowest BCUT2D eigenvalue weighted by Crippen LogP contribution is -2.14. The third-order valence-corrected chi connectivity index (χ3v) is 5.35. The first-order valence-electron chi connectivity index (χ1n) is 9.39. The van der Waals surface area contributed by atoms with E-state index in [0.717, 1.165) is 22.3 Å². The molecule has 3 aromatic carbocycles. The van der Waals surface area contributed by atoms with E-state index in [9.17, 15) is 10.1 Å². The number of nitriles is 1. The number of aryl methyl sites for hydroxylation is 2. The molecule has 0 bridgehead atoms. The van der Waals surface area contributed by atoms with Gasteiger partial charge in [-0.2, -0.15) is 5.26 Å². The van der Waals surface area contributed by atoms with Crippen molar-refractivity contribution in [1.29, 1.82) is 5.26 Å². The van der Waals surface area contributed by atoms with Crippen molar-refractivity contribution >= 4 is 40.9 Å². The van der Waals surface area contributed by atoms with Crippen molar-refractivity contribution in [1.82, 2.24) is 0 Å². The van der Waals surface area contributed by atoms with Crippen molar-refractivity contribution in [3.8, 4) is 6.07 Å². The number of hydrogen-bond donors (Lipinski definition) is 1. The normalized spacial score (nSPS) is 11.1. The Kier molecular flexibility index (Phi) is 6.95. The molecule has 150 valence electrons. The quantitative estimate of drug-likeness (QED) is 0.356. The summed E-state index contributed by atoms with van der Waals surface area (Å²) in [5.74, 6) is -0.465. The number of carbonyl (C=O) groups excluding carboxylic acids is 1. The van der Waals surface area contributed by atoms with Crippen LogP contribution < -0.4 is 5.32 Å². The predicted octanol–water partition coefficient (Wildman–Crippen LogP) is 6.75. The number of benzene rings is 3. The van der Waals surface area contributed by atoms with E-state index in [2.05, 4.69) is 5.32 Å². The van der Waals surface area contributed by atoms with Gasteiger partial charge in [-0.25, -0.2) is 0 Å². The molecule has 30 heavy (non-hydrogen) atoms. The van der Waals surface area contributed by atoms with Gasteiger partial charge in [-0.1, -0.05) is 65.2 Å². The van der Waals surface area contributed by atoms with E-state index in [-0.39, 0.29) is 5.57 Å². The summed E-state index contributed by atoms with van der Waals surface area (Å²) < 4.78 is 0. The number of halogens is 2. The lowest BCUT2D eigenvalue weighted by Gasteiger charge is -2.11. The Balaban J connectivity index is 1.93. The fourth-order valence-corrected chi connectivity index (χ4v) is 3.54. The molecule has 0 aromatic heterocycles. The summed E-state index contributed by atoms with van der Waals surface area (Å²) in [7, 11) is 0. The lowest BCUT2D eigenvalue weighted by atomic mass is 9.98. The zero-order chi connectivity index (χ0) is 21.7. The van der Waals surface area contributed by atoms with Crippen molar-refractivity contribution < 1.29 is 4.79 Å². The minimum atomic E-state index is -0.465. The molecule has 1 amide bonds. The molecular formula is C25H20Cl2N2O. The fourth-order valence-electron chi connectivity index (χ4n) is 3.16. The number of nitrogens with zero attached hydrogens (tertiary/aromatic N) is 1. The van der Waals surface area contributed by atoms with Gasteiger partial charge in [-0.05, 0) is 72.9 Å². The Morgan fingerprint density at radius 2 is 1.80 bits per heavy atom. The van der Waals surface area contributed by atoms with Crippen molar-refractivity contribution in [2.45, 2.75) is 20.3 Å². The number of nitrogens with one attached hydrogen (secondary N) is 1. The molecule has 0 aliphatic rings. The maximum Gasteiger partial charge on any atom is 0.266 e. The van der Waals surface area contributed by atoms with E-state index in [4.69, 9.17) is 23.2 Å². The topological polar surface area (TPSA) is 52.9 Å². The molecule has 0 spiro atoms. The largest absolute Gasteiger partial charge is 0.321 e. The summed E-state index contributed by atoms with van der Waals surface area (Å²) in [6.45, 7) is 3.90. The Hall–Kier alpha value is -3.06. The highest BCUT2D eigenvalue weighted by Crippen LogP contribution is 2.25. The molecule has 0 unspecified atom stereocenters. The summed E-state index contributed by atoms with van der Waals surface area (Å²) in [5.41, 5.74) is 5.28. The maximum absolute atomic E-state index is 12.7. The van der Waals surface area contributed by atoms with Gasteiger partial charge in [0.05, 0.1) is 0 Å². The molecule has 1 N–H and O–H groups in total. The summed E-state index contributed by atoms with van der Waals surface area (Å²) in [6.07, 6.45) is 2.12. The molecule has 0 aliphatic heterocycles. The van der Waals surface area contributed by atoms with E-state index in [1.807, 2.05) is 68.4 Å². The van der Waals surface area contributed by atoms with Crippen molar-refractivity contribution in [2.75, 3.05) is 5.32 Å². The predicted molar refractivity (Wildman–Crippen MR) is 124 cm³/mol. The van der Waals surface area contributed by atoms with Crippen LogP contribution in [0.1, 0.15) is 27.8 Å². The standard InChI is InChI=1S/C25H20Cl2N2O/c1-16-7-10-24(17(2)11-16)29-25(30)21(15-28)13-20-14-22(26)9-8-18(20)12-19-5-3-4-6-23(19)27/h3-11,13-14H,12H2,1-2H3,(H,29,30)/b21-13+. The third-order valence-electron chi connectivity index (χ3n) is 4.74. The van der Waals surface area contributed by atoms with Crippen molar-refractivity contribution in [2.24, 2.45) is 0 Å². The van der Waals surface area contributed by atoms with Crippen LogP contribution in [-0.2, 0) is 11.2 Å². The Morgan fingerprint density at radius 3 is 2.50 bits per heavy atom. The first-order chi connectivity index (χ1) is 14.4. The van der Waals surface area contributed by atoms with E-state index in [1.165, 1.54) is 0 Å². The first-order valence-corrected chi connectivity index (χ1v) is 10.1. The molecule has 3 nitrogen and oxygen atoms in total. The van der Waals surface area contributed by atoms with Gasteiger partial charge in [0.1, 0.15) is 11.6 Å². The van der Waals surface area contributed by atoms with Crippen LogP contribution in [0.3, 0.4) is 0 Å². The molecule has 5 heteroatoms. The van der Waals surface area contributed by atoms with Gasteiger partial charge < -0.3 is 5.32 Å². The molecule has 3 rings (SSSR count). The molecule has 0 fully saturated rings. The van der Waals surface area contributed by atoms with E-state index < -0.39 is 5.91 Å². The average Bonchev–Trinajstić information content (AvgIpc) is 2.71. The Morgan fingerprint density at radius 1 is 1.03 bits per heavy atom. The minimum Gasteiger partial charge on any atom is -0.321 e. The lowest BCUT2D eigenvalue weighted by molar-refractivity contribution is -0.112. The summed E-state index contributed by atoms with van der Waals surface area (Å²) in [5, 5.41) is 13.6. The second kappa shape index (κ2) is 9.63. The monoisotopic (exact) mass is 434 g/mol. The van der Waals surface area contributed by atoms with Gasteiger partial charge in [-0.15, -0.1) is 0 Å². The summed E-state index contributed by atoms with van der Waals surface area (Å²) in [4.78, 5) is 12.7. The summed E-state index contributed by atoms with van der Waals surface area (Å²) in [6, 6.07) is 20.7. The molecular weight excluding hydrogens is 415 g/mol. The fraction of sp³-hybridized carbons (Fsp3) is 0.120. The zero-order valence-corrected chi connectivity index (χ0v) is 18.2. The maximum atomic E-state index is 12.7. The number of anilines is 1. The molecule has 0 aliphatic carbocycles. The smallest absolute Gasteiger partial charge is 0.266 e. The van der Waals surface area contributed by atoms with Crippen LogP contribution in [0.5, 0.6) is 0 Å². The first kappa shape index (κ1) is 21.6. The second-order valence-corrected chi connectivity index (χ2v) is 7.90. The number of rotatable bonds is 5. The van der Waals surface area contributed by atoms with Crippen molar-refractivity contribution in [3.63, 3.8) is 0 Å². The SMILES string of the molecule is Cc1ccc(NC(=O)/C(C#N)=C/c2cc(Cl)ccc2Cc2ccccc2Cl)c(C)c1. The number of hydrogen-bond acceptors (Lipinski definition) is 2. The van der Waals surface area contributed by atoms with Crippen LogP contribution in [0.4, 0.5) is 5.69 Å². The average molecular weight is 435 g/mol. The van der Waals surface area contributed by atoms with Crippen LogP contribution in [0.15, 0.2) is 66.2 Å². The third kappa shape index (κ3) is 5.30.